The number of benzene rings is 2. The Morgan fingerprint density at radius 2 is 1.69 bits per heavy atom. The van der Waals surface area contributed by atoms with Crippen LogP contribution in [0.1, 0.15) is 30.9 Å². The molecule has 0 saturated carbocycles. The average Bonchev–Trinajstić information content (AvgIpc) is 2.83. The van der Waals surface area contributed by atoms with Crippen LogP contribution in [0.5, 0.6) is 0 Å². The van der Waals surface area contributed by atoms with Crippen molar-refractivity contribution in [2.24, 2.45) is 5.73 Å². The van der Waals surface area contributed by atoms with Crippen LogP contribution < -0.4 is 5.73 Å². The second-order valence-corrected chi connectivity index (χ2v) is 8.77. The van der Waals surface area contributed by atoms with E-state index in [9.17, 15) is 0 Å². The normalized spacial score (nSPS) is 14.1. The number of pyridine rings is 1. The summed E-state index contributed by atoms with van der Waals surface area (Å²) in [5, 5.41) is 1.65. The molecule has 2 N–H and O–H groups in total. The lowest BCUT2D eigenvalue weighted by Gasteiger charge is -2.39. The Morgan fingerprint density at radius 3 is 2.34 bits per heavy atom. The third-order valence-corrected chi connectivity index (χ3v) is 6.54. The van der Waals surface area contributed by atoms with Crippen molar-refractivity contribution in [1.82, 2.24) is 14.8 Å². The first-order valence-electron chi connectivity index (χ1n) is 11.3. The molecule has 4 rings (SSSR count). The average molecular weight is 447 g/mol. The van der Waals surface area contributed by atoms with Gasteiger partial charge in [-0.1, -0.05) is 74.5 Å². The van der Waals surface area contributed by atoms with E-state index >= 15 is 0 Å². The van der Waals surface area contributed by atoms with Gasteiger partial charge < -0.3 is 15.5 Å². The number of rotatable bonds is 7. The maximum atomic E-state index is 6.62. The van der Waals surface area contributed by atoms with Crippen LogP contribution in [0.15, 0.2) is 67.4 Å². The van der Waals surface area contributed by atoms with Crippen molar-refractivity contribution in [2.45, 2.75) is 26.3 Å². The molecular weight excluding hydrogens is 416 g/mol. The quantitative estimate of drug-likeness (QED) is 0.489. The van der Waals surface area contributed by atoms with Crippen molar-refractivity contribution in [3.05, 3.63) is 83.5 Å². The first-order valence-corrected chi connectivity index (χ1v) is 11.6. The molecule has 0 amide bonds. The molecule has 0 unspecified atom stereocenters. The van der Waals surface area contributed by atoms with Gasteiger partial charge in [-0.25, -0.2) is 4.98 Å². The van der Waals surface area contributed by atoms with E-state index in [0.717, 1.165) is 78.0 Å². The second-order valence-electron chi connectivity index (χ2n) is 8.36. The molecule has 32 heavy (non-hydrogen) atoms. The molecule has 3 aromatic rings. The van der Waals surface area contributed by atoms with E-state index in [-0.39, 0.29) is 0 Å². The first-order chi connectivity index (χ1) is 15.5. The summed E-state index contributed by atoms with van der Waals surface area (Å²) in [6.45, 7) is 15.2. The maximum Gasteiger partial charge on any atom is 0.0731 e. The van der Waals surface area contributed by atoms with Crippen molar-refractivity contribution in [3.8, 4) is 11.3 Å². The summed E-state index contributed by atoms with van der Waals surface area (Å²) in [4.78, 5) is 9.67. The number of hydrogen-bond donors (Lipinski definition) is 1. The Bertz CT molecular complexity index is 1130. The molecule has 0 radical (unpaired) electrons. The van der Waals surface area contributed by atoms with Crippen LogP contribution in [0.4, 0.5) is 0 Å². The Labute approximate surface area is 196 Å². The van der Waals surface area contributed by atoms with Gasteiger partial charge in [0.2, 0.25) is 0 Å². The highest BCUT2D eigenvalue weighted by Gasteiger charge is 2.19. The molecule has 0 spiro atoms. The summed E-state index contributed by atoms with van der Waals surface area (Å²) in [7, 11) is 0. The van der Waals surface area contributed by atoms with E-state index in [1.54, 1.807) is 0 Å². The van der Waals surface area contributed by atoms with E-state index in [4.69, 9.17) is 22.3 Å². The number of halogens is 1. The van der Waals surface area contributed by atoms with Gasteiger partial charge in [-0.3, -0.25) is 0 Å². The predicted molar refractivity (Wildman–Crippen MR) is 136 cm³/mol. The van der Waals surface area contributed by atoms with Crippen LogP contribution in [0.2, 0.25) is 5.02 Å². The van der Waals surface area contributed by atoms with E-state index in [1.165, 1.54) is 5.70 Å². The molecule has 1 aliphatic heterocycles. The van der Waals surface area contributed by atoms with Gasteiger partial charge in [0.15, 0.2) is 0 Å². The van der Waals surface area contributed by atoms with Crippen molar-refractivity contribution in [1.29, 1.82) is 0 Å². The lowest BCUT2D eigenvalue weighted by Crippen LogP contribution is -2.44. The van der Waals surface area contributed by atoms with Gasteiger partial charge in [-0.05, 0) is 29.7 Å². The Kier molecular flexibility index (Phi) is 6.83. The molecule has 0 bridgehead atoms. The molecule has 166 valence electrons. The minimum Gasteiger partial charge on any atom is -0.372 e. The number of fused-ring (bicyclic) bond motifs is 1. The van der Waals surface area contributed by atoms with Crippen LogP contribution in [0.25, 0.3) is 27.9 Å². The maximum absolute atomic E-state index is 6.62. The van der Waals surface area contributed by atoms with Crippen LogP contribution in [-0.2, 0) is 6.54 Å². The molecule has 1 saturated heterocycles. The third-order valence-electron chi connectivity index (χ3n) is 6.23. The summed E-state index contributed by atoms with van der Waals surface area (Å²) < 4.78 is 0. The Morgan fingerprint density at radius 1 is 1.00 bits per heavy atom. The monoisotopic (exact) mass is 446 g/mol. The Hall–Kier alpha value is -2.82. The molecule has 0 atom stereocenters. The van der Waals surface area contributed by atoms with Gasteiger partial charge in [-0.2, -0.15) is 0 Å². The summed E-state index contributed by atoms with van der Waals surface area (Å²) in [6, 6.07) is 16.3. The second kappa shape index (κ2) is 9.76. The fourth-order valence-corrected chi connectivity index (χ4v) is 4.51. The molecular formula is C27H31ClN4. The lowest BCUT2D eigenvalue weighted by molar-refractivity contribution is 0.209. The molecule has 2 aromatic carbocycles. The number of aromatic nitrogens is 1. The molecule has 0 aliphatic carbocycles. The first kappa shape index (κ1) is 22.4. The molecule has 1 aromatic heterocycles. The van der Waals surface area contributed by atoms with Gasteiger partial charge in [-0.15, -0.1) is 0 Å². The van der Waals surface area contributed by atoms with Gasteiger partial charge in [0.05, 0.1) is 16.2 Å². The zero-order chi connectivity index (χ0) is 22.7. The number of piperazine rings is 1. The van der Waals surface area contributed by atoms with Crippen molar-refractivity contribution < 1.29 is 0 Å². The zero-order valence-corrected chi connectivity index (χ0v) is 19.5. The van der Waals surface area contributed by atoms with Crippen LogP contribution in [0.3, 0.4) is 0 Å². The zero-order valence-electron chi connectivity index (χ0n) is 18.8. The smallest absolute Gasteiger partial charge is 0.0731 e. The van der Waals surface area contributed by atoms with Gasteiger partial charge in [0.1, 0.15) is 0 Å². The highest BCUT2D eigenvalue weighted by Crippen LogP contribution is 2.31. The molecule has 4 nitrogen and oxygen atoms in total. The standard InChI is InChI=1S/C27H31ClN4/c1-4-5-19(2)31-12-14-32(15-13-31)20(3)23-10-11-24-25(28)17-26(30-27(24)16-23)22-8-6-21(18-29)7-9-22/h6-11,16-17H,2-5,12-15,18,29H2,1H3. The number of nitrogens with zero attached hydrogens (tertiary/aromatic N) is 3. The van der Waals surface area contributed by atoms with Crippen molar-refractivity contribution >= 4 is 28.2 Å². The van der Waals surface area contributed by atoms with Gasteiger partial charge in [0.25, 0.3) is 0 Å². The summed E-state index contributed by atoms with van der Waals surface area (Å²) >= 11 is 6.62. The minimum absolute atomic E-state index is 0.526. The van der Waals surface area contributed by atoms with Gasteiger partial charge >= 0.3 is 0 Å². The molecule has 5 heteroatoms. The molecule has 2 heterocycles. The summed E-state index contributed by atoms with van der Waals surface area (Å²) in [5.74, 6) is 0. The molecule has 1 fully saturated rings. The van der Waals surface area contributed by atoms with Crippen molar-refractivity contribution in [3.63, 3.8) is 0 Å². The number of nitrogens with two attached hydrogens (primary N) is 1. The van der Waals surface area contributed by atoms with Gasteiger partial charge in [0, 0.05) is 55.1 Å². The Balaban J connectivity index is 1.56. The van der Waals surface area contributed by atoms with Crippen LogP contribution in [-0.4, -0.2) is 41.0 Å². The summed E-state index contributed by atoms with van der Waals surface area (Å²) in [6.07, 6.45) is 2.20. The minimum atomic E-state index is 0.526. The fraction of sp³-hybridized carbons (Fsp3) is 0.296. The topological polar surface area (TPSA) is 45.4 Å². The fourth-order valence-electron chi connectivity index (χ4n) is 4.25. The number of allylic oxidation sites excluding steroid dienone is 1. The van der Waals surface area contributed by atoms with E-state index < -0.39 is 0 Å². The highest BCUT2D eigenvalue weighted by atomic mass is 35.5. The van der Waals surface area contributed by atoms with E-state index in [0.29, 0.717) is 11.6 Å². The summed E-state index contributed by atoms with van der Waals surface area (Å²) in [5.41, 5.74) is 12.9. The van der Waals surface area contributed by atoms with Crippen LogP contribution >= 0.6 is 11.6 Å². The van der Waals surface area contributed by atoms with E-state index in [2.05, 4.69) is 42.0 Å². The number of hydrogen-bond acceptors (Lipinski definition) is 4. The lowest BCUT2D eigenvalue weighted by atomic mass is 10.0. The van der Waals surface area contributed by atoms with Crippen LogP contribution in [0, 0.1) is 0 Å². The third kappa shape index (κ3) is 4.67. The van der Waals surface area contributed by atoms with E-state index in [1.807, 2.05) is 36.4 Å². The van der Waals surface area contributed by atoms with Crippen molar-refractivity contribution in [2.75, 3.05) is 26.2 Å². The molecule has 1 aliphatic rings. The largest absolute Gasteiger partial charge is 0.372 e. The predicted octanol–water partition coefficient (Wildman–Crippen LogP) is 5.92. The SMILES string of the molecule is C=C(CCC)N1CCN(C(=C)c2ccc3c(Cl)cc(-c4ccc(CN)cc4)nc3c2)CC1. The highest BCUT2D eigenvalue weighted by molar-refractivity contribution is 6.35.